The van der Waals surface area contributed by atoms with Gasteiger partial charge in [0.15, 0.2) is 0 Å². The quantitative estimate of drug-likeness (QED) is 0.580. The van der Waals surface area contributed by atoms with Crippen LogP contribution >= 0.6 is 0 Å². The van der Waals surface area contributed by atoms with Gasteiger partial charge in [-0.2, -0.15) is 0 Å². The highest BCUT2D eigenvalue weighted by Crippen LogP contribution is 2.02. The fourth-order valence-electron chi connectivity index (χ4n) is 0.778. The van der Waals surface area contributed by atoms with Gasteiger partial charge in [0.1, 0.15) is 0 Å². The van der Waals surface area contributed by atoms with Crippen LogP contribution in [0.3, 0.4) is 0 Å². The van der Waals surface area contributed by atoms with Crippen molar-refractivity contribution in [2.75, 3.05) is 0 Å². The molecule has 0 atom stereocenters. The second-order valence-corrected chi connectivity index (χ2v) is 2.35. The lowest BCUT2D eigenvalue weighted by atomic mass is 10.1. The van der Waals surface area contributed by atoms with Crippen molar-refractivity contribution in [2.45, 2.75) is 6.92 Å². The monoisotopic (exact) mass is 146 g/mol. The Labute approximate surface area is 67.0 Å². The van der Waals surface area contributed by atoms with E-state index in [1.807, 2.05) is 36.8 Å². The van der Waals surface area contributed by atoms with E-state index in [9.17, 15) is 5.11 Å². The van der Waals surface area contributed by atoms with Gasteiger partial charge in [-0.1, -0.05) is 43.3 Å². The Morgan fingerprint density at radius 2 is 1.91 bits per heavy atom. The van der Waals surface area contributed by atoms with Crippen molar-refractivity contribution in [1.29, 1.82) is 0 Å². The predicted molar refractivity (Wildman–Crippen MR) is 43.6 cm³/mol. The SMILES string of the molecule is C/C([O-])=C/[CH]c1ccccc1. The van der Waals surface area contributed by atoms with Gasteiger partial charge >= 0.3 is 0 Å². The van der Waals surface area contributed by atoms with Crippen LogP contribution in [0.5, 0.6) is 0 Å². The molecule has 0 amide bonds. The molecule has 0 aromatic heterocycles. The van der Waals surface area contributed by atoms with Crippen molar-refractivity contribution < 1.29 is 5.11 Å². The molecule has 1 aromatic carbocycles. The third-order valence-corrected chi connectivity index (χ3v) is 1.31. The maximum atomic E-state index is 10.5. The molecule has 0 aliphatic heterocycles. The van der Waals surface area contributed by atoms with Crippen LogP contribution in [0.15, 0.2) is 42.2 Å². The first-order valence-electron chi connectivity index (χ1n) is 3.53. The minimum absolute atomic E-state index is 0.0776. The van der Waals surface area contributed by atoms with Crippen molar-refractivity contribution in [2.24, 2.45) is 0 Å². The van der Waals surface area contributed by atoms with E-state index in [1.165, 1.54) is 0 Å². The molecule has 0 fully saturated rings. The molecule has 1 radical (unpaired) electrons. The highest BCUT2D eigenvalue weighted by molar-refractivity contribution is 5.27. The zero-order valence-electron chi connectivity index (χ0n) is 6.45. The minimum Gasteiger partial charge on any atom is -0.876 e. The zero-order valence-corrected chi connectivity index (χ0v) is 6.45. The molecule has 0 saturated carbocycles. The Bertz CT molecular complexity index is 232. The number of rotatable bonds is 2. The lowest BCUT2D eigenvalue weighted by molar-refractivity contribution is -0.301. The van der Waals surface area contributed by atoms with Crippen molar-refractivity contribution >= 4 is 0 Å². The molecule has 11 heavy (non-hydrogen) atoms. The number of benzene rings is 1. The molecule has 0 saturated heterocycles. The van der Waals surface area contributed by atoms with Gasteiger partial charge in [-0.05, 0) is 5.56 Å². The van der Waals surface area contributed by atoms with Crippen molar-refractivity contribution in [1.82, 2.24) is 0 Å². The van der Waals surface area contributed by atoms with Gasteiger partial charge in [-0.25, -0.2) is 0 Å². The van der Waals surface area contributed by atoms with E-state index < -0.39 is 0 Å². The molecule has 0 aliphatic carbocycles. The third-order valence-electron chi connectivity index (χ3n) is 1.31. The van der Waals surface area contributed by atoms with Gasteiger partial charge in [0, 0.05) is 6.42 Å². The molecular formula is C10H10O-. The lowest BCUT2D eigenvalue weighted by Gasteiger charge is -2.02. The average Bonchev–Trinajstić information content (AvgIpc) is 2.03. The molecule has 1 nitrogen and oxygen atoms in total. The minimum atomic E-state index is 0.0776. The molecule has 0 bridgehead atoms. The summed E-state index contributed by atoms with van der Waals surface area (Å²) in [6.07, 6.45) is 3.37. The third kappa shape index (κ3) is 2.89. The van der Waals surface area contributed by atoms with Gasteiger partial charge in [0.05, 0.1) is 0 Å². The summed E-state index contributed by atoms with van der Waals surface area (Å²) in [5.41, 5.74) is 1.06. The average molecular weight is 146 g/mol. The van der Waals surface area contributed by atoms with E-state index in [1.54, 1.807) is 13.0 Å². The Morgan fingerprint density at radius 1 is 1.27 bits per heavy atom. The second kappa shape index (κ2) is 3.81. The normalized spacial score (nSPS) is 11.5. The standard InChI is InChI=1S/C10H11O/c1-9(11)7-8-10-5-3-2-4-6-10/h2-8,11H,1H3/p-1/b9-7-. The number of hydrogen-bond donors (Lipinski definition) is 0. The maximum Gasteiger partial charge on any atom is 0.0115 e. The van der Waals surface area contributed by atoms with E-state index in [-0.39, 0.29) is 5.76 Å². The number of allylic oxidation sites excluding steroid dienone is 2. The van der Waals surface area contributed by atoms with Gasteiger partial charge in [0.25, 0.3) is 0 Å². The van der Waals surface area contributed by atoms with Crippen LogP contribution in [0.2, 0.25) is 0 Å². The van der Waals surface area contributed by atoms with E-state index in [0.29, 0.717) is 0 Å². The Morgan fingerprint density at radius 3 is 2.45 bits per heavy atom. The molecule has 1 heteroatoms. The van der Waals surface area contributed by atoms with Gasteiger partial charge in [-0.15, -0.1) is 5.76 Å². The van der Waals surface area contributed by atoms with E-state index >= 15 is 0 Å². The second-order valence-electron chi connectivity index (χ2n) is 2.35. The molecular weight excluding hydrogens is 136 g/mol. The Balaban J connectivity index is 2.59. The molecule has 0 aliphatic rings. The van der Waals surface area contributed by atoms with Crippen LogP contribution in [0, 0.1) is 6.42 Å². The predicted octanol–water partition coefficient (Wildman–Crippen LogP) is 1.50. The summed E-state index contributed by atoms with van der Waals surface area (Å²) >= 11 is 0. The van der Waals surface area contributed by atoms with Gasteiger partial charge in [-0.3, -0.25) is 0 Å². The van der Waals surface area contributed by atoms with Gasteiger partial charge in [0.2, 0.25) is 0 Å². The highest BCUT2D eigenvalue weighted by Gasteiger charge is 1.84. The first-order chi connectivity index (χ1) is 5.29. The molecule has 1 aromatic rings. The molecule has 0 unspecified atom stereocenters. The first-order valence-corrected chi connectivity index (χ1v) is 3.53. The van der Waals surface area contributed by atoms with Crippen LogP contribution < -0.4 is 5.11 Å². The van der Waals surface area contributed by atoms with E-state index in [2.05, 4.69) is 0 Å². The Hall–Kier alpha value is -1.24. The molecule has 0 N–H and O–H groups in total. The van der Waals surface area contributed by atoms with Crippen molar-refractivity contribution in [3.63, 3.8) is 0 Å². The van der Waals surface area contributed by atoms with Crippen molar-refractivity contribution in [3.8, 4) is 0 Å². The van der Waals surface area contributed by atoms with Crippen LogP contribution in [0.25, 0.3) is 0 Å². The Kier molecular flexibility index (Phi) is 2.73. The lowest BCUT2D eigenvalue weighted by Crippen LogP contribution is -1.97. The molecule has 0 heterocycles. The van der Waals surface area contributed by atoms with Crippen LogP contribution in [0.1, 0.15) is 12.5 Å². The molecule has 57 valence electrons. The highest BCUT2D eigenvalue weighted by atomic mass is 16.3. The molecule has 1 rings (SSSR count). The van der Waals surface area contributed by atoms with Gasteiger partial charge < -0.3 is 5.11 Å². The van der Waals surface area contributed by atoms with E-state index in [4.69, 9.17) is 0 Å². The largest absolute Gasteiger partial charge is 0.876 e. The zero-order chi connectivity index (χ0) is 8.10. The summed E-state index contributed by atoms with van der Waals surface area (Å²) in [5.74, 6) is 0.0776. The van der Waals surface area contributed by atoms with E-state index in [0.717, 1.165) is 5.56 Å². The maximum absolute atomic E-state index is 10.5. The first kappa shape index (κ1) is 7.86. The van der Waals surface area contributed by atoms with Crippen LogP contribution in [0.4, 0.5) is 0 Å². The summed E-state index contributed by atoms with van der Waals surface area (Å²) in [4.78, 5) is 0. The number of hydrogen-bond acceptors (Lipinski definition) is 1. The topological polar surface area (TPSA) is 23.1 Å². The summed E-state index contributed by atoms with van der Waals surface area (Å²) in [5, 5.41) is 10.5. The van der Waals surface area contributed by atoms with Crippen LogP contribution in [-0.2, 0) is 0 Å². The summed E-state index contributed by atoms with van der Waals surface area (Å²) < 4.78 is 0. The molecule has 0 spiro atoms. The smallest absolute Gasteiger partial charge is 0.0115 e. The van der Waals surface area contributed by atoms with Crippen molar-refractivity contribution in [3.05, 3.63) is 54.2 Å². The van der Waals surface area contributed by atoms with Crippen LogP contribution in [-0.4, -0.2) is 0 Å². The summed E-state index contributed by atoms with van der Waals surface area (Å²) in [7, 11) is 0. The summed E-state index contributed by atoms with van der Waals surface area (Å²) in [6.45, 7) is 1.54. The fourth-order valence-corrected chi connectivity index (χ4v) is 0.778. The fraction of sp³-hybridized carbons (Fsp3) is 0.100. The summed E-state index contributed by atoms with van der Waals surface area (Å²) in [6, 6.07) is 9.75.